The second kappa shape index (κ2) is 51.0. The van der Waals surface area contributed by atoms with E-state index in [1.807, 2.05) is 0 Å². The van der Waals surface area contributed by atoms with E-state index in [0.717, 1.165) is 51.4 Å². The third-order valence-electron chi connectivity index (χ3n) is 12.5. The molecule has 61 heavy (non-hydrogen) atoms. The molecular formula is C55H105NO5. The molecule has 0 aromatic rings. The van der Waals surface area contributed by atoms with Gasteiger partial charge in [-0.25, -0.2) is 0 Å². The minimum atomic E-state index is -0.667. The summed E-state index contributed by atoms with van der Waals surface area (Å²) in [5.74, 6) is -0.0498. The van der Waals surface area contributed by atoms with Gasteiger partial charge in [-0.1, -0.05) is 250 Å². The van der Waals surface area contributed by atoms with Crippen molar-refractivity contribution in [2.24, 2.45) is 0 Å². The molecule has 0 heterocycles. The predicted octanol–water partition coefficient (Wildman–Crippen LogP) is 16.3. The first-order valence-electron chi connectivity index (χ1n) is 27.1. The van der Waals surface area contributed by atoms with Gasteiger partial charge < -0.3 is 20.3 Å². The molecule has 0 spiro atoms. The normalized spacial score (nSPS) is 12.8. The van der Waals surface area contributed by atoms with Crippen LogP contribution in [0.25, 0.3) is 0 Å². The molecule has 0 saturated heterocycles. The van der Waals surface area contributed by atoms with Gasteiger partial charge in [-0.2, -0.15) is 0 Å². The van der Waals surface area contributed by atoms with Gasteiger partial charge in [0.1, 0.15) is 0 Å². The fraction of sp³-hybridized carbons (Fsp3) is 0.891. The Balaban J connectivity index is 3.42. The summed E-state index contributed by atoms with van der Waals surface area (Å²) < 4.78 is 5.46. The summed E-state index contributed by atoms with van der Waals surface area (Å²) in [4.78, 5) is 24.5. The highest BCUT2D eigenvalue weighted by Gasteiger charge is 2.20. The number of hydrogen-bond acceptors (Lipinski definition) is 5. The van der Waals surface area contributed by atoms with Crippen molar-refractivity contribution in [2.75, 3.05) is 13.2 Å². The number of amides is 1. The molecule has 0 aliphatic heterocycles. The molecule has 2 atom stereocenters. The molecule has 360 valence electrons. The van der Waals surface area contributed by atoms with E-state index in [0.29, 0.717) is 25.9 Å². The number of esters is 1. The maximum atomic E-state index is 12.4. The highest BCUT2D eigenvalue weighted by Crippen LogP contribution is 2.17. The Bertz CT molecular complexity index is 951. The largest absolute Gasteiger partial charge is 0.466 e. The van der Waals surface area contributed by atoms with Gasteiger partial charge in [-0.05, 0) is 51.4 Å². The molecule has 0 aromatic heterocycles. The van der Waals surface area contributed by atoms with Crippen LogP contribution in [-0.4, -0.2) is 47.4 Å². The number of rotatable bonds is 50. The fourth-order valence-electron chi connectivity index (χ4n) is 8.30. The van der Waals surface area contributed by atoms with Gasteiger partial charge in [0.05, 0.1) is 25.4 Å². The predicted molar refractivity (Wildman–Crippen MR) is 264 cm³/mol. The molecule has 2 unspecified atom stereocenters. The Morgan fingerprint density at radius 2 is 0.836 bits per heavy atom. The lowest BCUT2D eigenvalue weighted by Gasteiger charge is -2.22. The van der Waals surface area contributed by atoms with Gasteiger partial charge in [0.15, 0.2) is 0 Å². The lowest BCUT2D eigenvalue weighted by molar-refractivity contribution is -0.143. The third-order valence-corrected chi connectivity index (χ3v) is 12.5. The van der Waals surface area contributed by atoms with Crippen LogP contribution in [-0.2, 0) is 14.3 Å². The van der Waals surface area contributed by atoms with Crippen LogP contribution >= 0.6 is 0 Å². The Morgan fingerprint density at radius 3 is 1.30 bits per heavy atom. The number of carbonyl (C=O) groups excluding carboxylic acids is 2. The first kappa shape index (κ1) is 59.3. The number of carbonyl (C=O) groups is 2. The number of nitrogens with one attached hydrogen (secondary N) is 1. The van der Waals surface area contributed by atoms with Crippen LogP contribution in [0.5, 0.6) is 0 Å². The van der Waals surface area contributed by atoms with Crippen LogP contribution in [0.15, 0.2) is 24.3 Å². The highest BCUT2D eigenvalue weighted by atomic mass is 16.5. The third kappa shape index (κ3) is 47.7. The molecule has 0 aromatic carbocycles. The minimum absolute atomic E-state index is 0.00929. The molecule has 0 saturated carbocycles. The monoisotopic (exact) mass is 860 g/mol. The first-order chi connectivity index (χ1) is 30.0. The van der Waals surface area contributed by atoms with Gasteiger partial charge in [-0.3, -0.25) is 9.59 Å². The fourth-order valence-corrected chi connectivity index (χ4v) is 8.30. The number of unbranched alkanes of at least 4 members (excludes halogenated alkanes) is 35. The number of aliphatic hydroxyl groups excluding tert-OH is 2. The smallest absolute Gasteiger partial charge is 0.305 e. The van der Waals surface area contributed by atoms with E-state index in [9.17, 15) is 19.8 Å². The summed E-state index contributed by atoms with van der Waals surface area (Å²) in [6.45, 7) is 4.90. The van der Waals surface area contributed by atoms with Crippen LogP contribution in [0.1, 0.15) is 290 Å². The standard InChI is InChI=1S/C55H105NO5/c1-3-5-7-9-11-13-15-17-25-29-33-37-41-45-49-55(60)61-50-46-42-38-34-30-26-22-20-18-19-21-24-28-32-36-40-44-48-54(59)56-52(51-57)53(58)47-43-39-35-31-27-23-16-14-12-10-8-6-4-2/h9,11,15,17,52-53,57-58H,3-8,10,12-14,16,18-51H2,1-2H3,(H,56,59)/b11-9-,17-15-. The minimum Gasteiger partial charge on any atom is -0.466 e. The molecule has 0 aliphatic rings. The van der Waals surface area contributed by atoms with Gasteiger partial charge in [0.25, 0.3) is 0 Å². The second-order valence-corrected chi connectivity index (χ2v) is 18.6. The summed E-state index contributed by atoms with van der Waals surface area (Å²) in [6, 6.07) is -0.545. The van der Waals surface area contributed by atoms with Gasteiger partial charge in [0, 0.05) is 12.8 Å². The lowest BCUT2D eigenvalue weighted by atomic mass is 10.0. The summed E-state index contributed by atoms with van der Waals surface area (Å²) in [5, 5.41) is 23.2. The zero-order chi connectivity index (χ0) is 44.4. The number of ether oxygens (including phenoxy) is 1. The van der Waals surface area contributed by atoms with Crippen molar-refractivity contribution >= 4 is 11.9 Å². The zero-order valence-corrected chi connectivity index (χ0v) is 40.9. The van der Waals surface area contributed by atoms with Crippen molar-refractivity contribution in [2.45, 2.75) is 302 Å². The molecule has 0 aliphatic carbocycles. The number of allylic oxidation sites excluding steroid dienone is 4. The van der Waals surface area contributed by atoms with Crippen LogP contribution in [0.2, 0.25) is 0 Å². The van der Waals surface area contributed by atoms with Crippen LogP contribution in [0.4, 0.5) is 0 Å². The van der Waals surface area contributed by atoms with Crippen molar-refractivity contribution in [1.82, 2.24) is 5.32 Å². The number of aliphatic hydroxyl groups is 2. The summed E-state index contributed by atoms with van der Waals surface area (Å²) in [5.41, 5.74) is 0. The molecule has 3 N–H and O–H groups in total. The lowest BCUT2D eigenvalue weighted by Crippen LogP contribution is -2.45. The van der Waals surface area contributed by atoms with Crippen molar-refractivity contribution in [1.29, 1.82) is 0 Å². The SMILES string of the molecule is CCCC/C=C\C/C=C\CCCCCCCC(=O)OCCCCCCCCCCCCCCCCCCCC(=O)NC(CO)C(O)CCCCCCCCCCCCCCC. The Hall–Kier alpha value is -1.66. The Kier molecular flexibility index (Phi) is 49.6. The van der Waals surface area contributed by atoms with E-state index in [4.69, 9.17) is 4.74 Å². The van der Waals surface area contributed by atoms with Crippen LogP contribution in [0, 0.1) is 0 Å². The highest BCUT2D eigenvalue weighted by molar-refractivity contribution is 5.76. The summed E-state index contributed by atoms with van der Waals surface area (Å²) in [7, 11) is 0. The van der Waals surface area contributed by atoms with E-state index in [1.165, 1.54) is 205 Å². The maximum absolute atomic E-state index is 12.4. The van der Waals surface area contributed by atoms with Gasteiger partial charge >= 0.3 is 5.97 Å². The molecule has 0 fully saturated rings. The van der Waals surface area contributed by atoms with E-state index < -0.39 is 12.1 Å². The van der Waals surface area contributed by atoms with E-state index in [1.54, 1.807) is 0 Å². The van der Waals surface area contributed by atoms with Crippen LogP contribution < -0.4 is 5.32 Å². The van der Waals surface area contributed by atoms with E-state index in [2.05, 4.69) is 43.5 Å². The molecular weight excluding hydrogens is 755 g/mol. The molecule has 0 rings (SSSR count). The Labute approximate surface area is 380 Å². The maximum Gasteiger partial charge on any atom is 0.305 e. The van der Waals surface area contributed by atoms with Gasteiger partial charge in [-0.15, -0.1) is 0 Å². The topological polar surface area (TPSA) is 95.9 Å². The van der Waals surface area contributed by atoms with Crippen molar-refractivity contribution in [3.63, 3.8) is 0 Å². The van der Waals surface area contributed by atoms with Crippen molar-refractivity contribution in [3.05, 3.63) is 24.3 Å². The summed E-state index contributed by atoms with van der Waals surface area (Å²) >= 11 is 0. The summed E-state index contributed by atoms with van der Waals surface area (Å²) in [6.07, 6.45) is 60.1. The van der Waals surface area contributed by atoms with E-state index >= 15 is 0 Å². The molecule has 6 nitrogen and oxygen atoms in total. The number of hydrogen-bond donors (Lipinski definition) is 3. The average molecular weight is 860 g/mol. The van der Waals surface area contributed by atoms with Crippen molar-refractivity contribution < 1.29 is 24.5 Å². The van der Waals surface area contributed by atoms with Crippen LogP contribution in [0.3, 0.4) is 0 Å². The zero-order valence-electron chi connectivity index (χ0n) is 40.9. The molecule has 6 heteroatoms. The molecule has 0 bridgehead atoms. The Morgan fingerprint density at radius 1 is 0.459 bits per heavy atom. The van der Waals surface area contributed by atoms with Crippen molar-refractivity contribution in [3.8, 4) is 0 Å². The quantitative estimate of drug-likeness (QED) is 0.0322. The molecule has 1 amide bonds. The average Bonchev–Trinajstić information content (AvgIpc) is 3.26. The first-order valence-corrected chi connectivity index (χ1v) is 27.1. The van der Waals surface area contributed by atoms with Gasteiger partial charge in [0.2, 0.25) is 5.91 Å². The van der Waals surface area contributed by atoms with E-state index in [-0.39, 0.29) is 18.5 Å². The second-order valence-electron chi connectivity index (χ2n) is 18.6. The molecule has 0 radical (unpaired) electrons.